The van der Waals surface area contributed by atoms with Crippen LogP contribution in [-0.4, -0.2) is 96.7 Å². The molecule has 0 saturated heterocycles. The first-order valence-electron chi connectivity index (χ1n) is 34.6. The SMILES string of the molecule is CCCCCCCCCCCCCCCCC(=O)OC[C@H](COP(=O)(O)OC[C@@H](O)COP(=O)(O)OC[C@@H](COC(=O)CCCCCCC)OC(=O)CCCCCCCCCCCC(C)C)OC(=O)CCCCCCCCCCCCCCCC. The first-order chi connectivity index (χ1) is 41.0. The summed E-state index contributed by atoms with van der Waals surface area (Å²) < 4.78 is 67.9. The van der Waals surface area contributed by atoms with Crippen molar-refractivity contribution in [3.8, 4) is 0 Å². The van der Waals surface area contributed by atoms with Crippen molar-refractivity contribution < 1.29 is 80.2 Å². The molecule has 0 aliphatic carbocycles. The standard InChI is InChI=1S/C66H128O17P2/c1-6-9-12-15-17-19-21-23-25-27-31-35-40-45-50-64(69)77-56-62(83-65(70)51-46-41-36-32-28-26-24-22-20-18-16-13-10-7-2)58-81-85(74,75)79-54-60(67)53-78-84(72,73)80-57-61(55-76-63(68)49-44-38-14-11-8-3)82-66(71)52-47-42-37-33-29-30-34-39-43-48-59(4)5/h59-62,67H,6-58H2,1-5H3,(H,72,73)(H,74,75)/t60-,61+,62+/m0/s1. The van der Waals surface area contributed by atoms with Gasteiger partial charge in [0, 0.05) is 25.7 Å². The fourth-order valence-electron chi connectivity index (χ4n) is 9.94. The lowest BCUT2D eigenvalue weighted by Gasteiger charge is -2.21. The van der Waals surface area contributed by atoms with Gasteiger partial charge >= 0.3 is 39.5 Å². The number of phosphoric ester groups is 2. The highest BCUT2D eigenvalue weighted by atomic mass is 31.2. The summed E-state index contributed by atoms with van der Waals surface area (Å²) in [6, 6.07) is 0. The Balaban J connectivity index is 5.17. The van der Waals surface area contributed by atoms with Crippen molar-refractivity contribution >= 4 is 39.5 Å². The largest absolute Gasteiger partial charge is 0.472 e. The van der Waals surface area contributed by atoms with Crippen LogP contribution in [0.2, 0.25) is 0 Å². The van der Waals surface area contributed by atoms with E-state index in [-0.39, 0.29) is 25.7 Å². The van der Waals surface area contributed by atoms with Crippen molar-refractivity contribution in [2.24, 2.45) is 5.92 Å². The van der Waals surface area contributed by atoms with Crippen molar-refractivity contribution in [3.63, 3.8) is 0 Å². The highest BCUT2D eigenvalue weighted by molar-refractivity contribution is 7.47. The molecule has 0 bridgehead atoms. The second-order valence-electron chi connectivity index (χ2n) is 24.3. The maximum Gasteiger partial charge on any atom is 0.472 e. The molecule has 504 valence electrons. The second-order valence-corrected chi connectivity index (χ2v) is 27.2. The molecule has 19 heteroatoms. The molecule has 0 aliphatic heterocycles. The van der Waals surface area contributed by atoms with E-state index in [0.717, 1.165) is 102 Å². The third-order valence-corrected chi connectivity index (χ3v) is 17.2. The number of hydrogen-bond donors (Lipinski definition) is 3. The number of carbonyl (C=O) groups excluding carboxylic acids is 4. The topological polar surface area (TPSA) is 237 Å². The maximum absolute atomic E-state index is 13.0. The summed E-state index contributed by atoms with van der Waals surface area (Å²) in [6.07, 6.45) is 44.7. The first kappa shape index (κ1) is 83.1. The Morgan fingerprint density at radius 1 is 0.318 bits per heavy atom. The molecule has 0 aromatic heterocycles. The second kappa shape index (κ2) is 59.7. The van der Waals surface area contributed by atoms with Gasteiger partial charge in [-0.25, -0.2) is 9.13 Å². The minimum atomic E-state index is -4.94. The average molecular weight is 1260 g/mol. The Kier molecular flexibility index (Phi) is 58.3. The highest BCUT2D eigenvalue weighted by Gasteiger charge is 2.30. The Morgan fingerprint density at radius 2 is 0.541 bits per heavy atom. The van der Waals surface area contributed by atoms with Gasteiger partial charge in [-0.1, -0.05) is 285 Å². The molecule has 0 fully saturated rings. The Morgan fingerprint density at radius 3 is 0.800 bits per heavy atom. The number of hydrogen-bond acceptors (Lipinski definition) is 15. The number of aliphatic hydroxyl groups excluding tert-OH is 1. The minimum absolute atomic E-state index is 0.105. The molecule has 85 heavy (non-hydrogen) atoms. The Bertz CT molecular complexity index is 1650. The predicted molar refractivity (Wildman–Crippen MR) is 340 cm³/mol. The number of esters is 4. The number of carbonyl (C=O) groups is 4. The molecule has 0 aliphatic rings. The van der Waals surface area contributed by atoms with Crippen molar-refractivity contribution in [1.29, 1.82) is 0 Å². The summed E-state index contributed by atoms with van der Waals surface area (Å²) >= 11 is 0. The van der Waals surface area contributed by atoms with Gasteiger partial charge in [-0.3, -0.25) is 37.3 Å². The summed E-state index contributed by atoms with van der Waals surface area (Å²) in [5.74, 6) is -1.40. The minimum Gasteiger partial charge on any atom is -0.462 e. The summed E-state index contributed by atoms with van der Waals surface area (Å²) in [5, 5.41) is 10.5. The van der Waals surface area contributed by atoms with Crippen LogP contribution in [-0.2, 0) is 65.4 Å². The van der Waals surface area contributed by atoms with Crippen LogP contribution >= 0.6 is 15.6 Å². The number of ether oxygens (including phenoxy) is 4. The van der Waals surface area contributed by atoms with Crippen LogP contribution in [0.4, 0.5) is 0 Å². The van der Waals surface area contributed by atoms with Gasteiger partial charge in [-0.15, -0.1) is 0 Å². The smallest absolute Gasteiger partial charge is 0.462 e. The van der Waals surface area contributed by atoms with Gasteiger partial charge in [-0.2, -0.15) is 0 Å². The van der Waals surface area contributed by atoms with E-state index in [1.165, 1.54) is 154 Å². The van der Waals surface area contributed by atoms with Crippen LogP contribution in [0, 0.1) is 5.92 Å². The van der Waals surface area contributed by atoms with Gasteiger partial charge in [0.15, 0.2) is 12.2 Å². The van der Waals surface area contributed by atoms with Crippen molar-refractivity contribution in [2.75, 3.05) is 39.6 Å². The fourth-order valence-corrected chi connectivity index (χ4v) is 11.5. The number of rotatable bonds is 66. The molecule has 2 unspecified atom stereocenters. The molecule has 0 aromatic rings. The van der Waals surface area contributed by atoms with E-state index >= 15 is 0 Å². The fraction of sp³-hybridized carbons (Fsp3) is 0.939. The molecule has 0 spiro atoms. The highest BCUT2D eigenvalue weighted by Crippen LogP contribution is 2.45. The number of aliphatic hydroxyl groups is 1. The molecule has 17 nitrogen and oxygen atoms in total. The Hall–Kier alpha value is -1.94. The van der Waals surface area contributed by atoms with Crippen molar-refractivity contribution in [3.05, 3.63) is 0 Å². The van der Waals surface area contributed by atoms with E-state index in [2.05, 4.69) is 34.6 Å². The van der Waals surface area contributed by atoms with Crippen molar-refractivity contribution in [2.45, 2.75) is 355 Å². The Labute approximate surface area is 517 Å². The van der Waals surface area contributed by atoms with Crippen molar-refractivity contribution in [1.82, 2.24) is 0 Å². The molecular weight excluding hydrogens is 1130 g/mol. The van der Waals surface area contributed by atoms with Gasteiger partial charge < -0.3 is 33.8 Å². The van der Waals surface area contributed by atoms with E-state index < -0.39 is 97.5 Å². The van der Waals surface area contributed by atoms with Gasteiger partial charge in [0.2, 0.25) is 0 Å². The van der Waals surface area contributed by atoms with Crippen LogP contribution in [0.3, 0.4) is 0 Å². The predicted octanol–water partition coefficient (Wildman–Crippen LogP) is 18.6. The average Bonchev–Trinajstić information content (AvgIpc) is 3.47. The zero-order chi connectivity index (χ0) is 62.8. The molecule has 0 saturated carbocycles. The zero-order valence-electron chi connectivity index (χ0n) is 54.7. The quantitative estimate of drug-likeness (QED) is 0.0222. The third-order valence-electron chi connectivity index (χ3n) is 15.3. The van der Waals surface area contributed by atoms with Crippen LogP contribution in [0.5, 0.6) is 0 Å². The normalized spacial score (nSPS) is 14.2. The maximum atomic E-state index is 13.0. The molecule has 5 atom stereocenters. The molecule has 3 N–H and O–H groups in total. The monoisotopic (exact) mass is 1250 g/mol. The molecule has 0 radical (unpaired) electrons. The van der Waals surface area contributed by atoms with Gasteiger partial charge in [-0.05, 0) is 31.6 Å². The molecule has 0 rings (SSSR count). The van der Waals surface area contributed by atoms with Crippen LogP contribution < -0.4 is 0 Å². The summed E-state index contributed by atoms with van der Waals surface area (Å²) in [7, 11) is -9.88. The van der Waals surface area contributed by atoms with E-state index in [1.807, 2.05) is 0 Å². The van der Waals surface area contributed by atoms with Crippen LogP contribution in [0.15, 0.2) is 0 Å². The lowest BCUT2D eigenvalue weighted by Crippen LogP contribution is -2.30. The molecule has 0 heterocycles. The number of phosphoric acid groups is 2. The summed E-state index contributed by atoms with van der Waals surface area (Å²) in [5.41, 5.74) is 0. The van der Waals surface area contributed by atoms with Gasteiger partial charge in [0.1, 0.15) is 19.3 Å². The molecular formula is C66H128O17P2. The van der Waals surface area contributed by atoms with E-state index in [9.17, 15) is 43.2 Å². The lowest BCUT2D eigenvalue weighted by molar-refractivity contribution is -0.161. The first-order valence-corrected chi connectivity index (χ1v) is 37.6. The van der Waals surface area contributed by atoms with E-state index in [0.29, 0.717) is 25.7 Å². The summed E-state index contributed by atoms with van der Waals surface area (Å²) in [4.78, 5) is 72.1. The zero-order valence-corrected chi connectivity index (χ0v) is 56.5. The molecule has 0 amide bonds. The third kappa shape index (κ3) is 60.7. The van der Waals surface area contributed by atoms with E-state index in [1.54, 1.807) is 0 Å². The summed E-state index contributed by atoms with van der Waals surface area (Å²) in [6.45, 7) is 7.11. The molecule has 0 aromatic carbocycles. The van der Waals surface area contributed by atoms with Gasteiger partial charge in [0.25, 0.3) is 0 Å². The van der Waals surface area contributed by atoms with Crippen LogP contribution in [0.25, 0.3) is 0 Å². The van der Waals surface area contributed by atoms with Gasteiger partial charge in [0.05, 0.1) is 26.4 Å². The lowest BCUT2D eigenvalue weighted by atomic mass is 10.0. The number of unbranched alkanes of at least 4 members (excludes halogenated alkanes) is 38. The van der Waals surface area contributed by atoms with E-state index in [4.69, 9.17) is 37.0 Å². The van der Waals surface area contributed by atoms with Crippen LogP contribution in [0.1, 0.15) is 336 Å².